The van der Waals surface area contributed by atoms with E-state index >= 15 is 0 Å². The highest BCUT2D eigenvalue weighted by Crippen LogP contribution is 2.17. The number of piperidine rings is 1. The highest BCUT2D eigenvalue weighted by Gasteiger charge is 2.44. The summed E-state index contributed by atoms with van der Waals surface area (Å²) in [6, 6.07) is 8.73. The van der Waals surface area contributed by atoms with Crippen LogP contribution in [0.1, 0.15) is 25.8 Å². The van der Waals surface area contributed by atoms with Crippen LogP contribution in [0.2, 0.25) is 0 Å². The number of amides is 1. The number of aliphatic hydroxyl groups excluding tert-OH is 3. The number of nitrogens with one attached hydrogen (secondary N) is 1. The van der Waals surface area contributed by atoms with Crippen LogP contribution < -0.4 is 5.32 Å². The monoisotopic (exact) mass is 336 g/mol. The van der Waals surface area contributed by atoms with E-state index in [-0.39, 0.29) is 5.91 Å². The molecule has 5 atom stereocenters. The van der Waals surface area contributed by atoms with Gasteiger partial charge in [-0.05, 0) is 32.3 Å². The van der Waals surface area contributed by atoms with Crippen molar-refractivity contribution in [1.29, 1.82) is 0 Å². The highest BCUT2D eigenvalue weighted by atomic mass is 16.4. The lowest BCUT2D eigenvalue weighted by molar-refractivity contribution is -0.151. The number of nitrogens with zero attached hydrogens (tertiary/aromatic N) is 1. The van der Waals surface area contributed by atoms with Gasteiger partial charge in [0.15, 0.2) is 0 Å². The summed E-state index contributed by atoms with van der Waals surface area (Å²) in [6.07, 6.45) is -2.02. The van der Waals surface area contributed by atoms with E-state index < -0.39 is 30.4 Å². The summed E-state index contributed by atoms with van der Waals surface area (Å²) in [4.78, 5) is 14.4. The Balaban J connectivity index is 1.93. The van der Waals surface area contributed by atoms with Gasteiger partial charge in [0.05, 0.1) is 6.10 Å². The molecule has 0 aliphatic carbocycles. The Hall–Kier alpha value is -1.47. The van der Waals surface area contributed by atoms with E-state index in [0.29, 0.717) is 13.1 Å². The van der Waals surface area contributed by atoms with Crippen molar-refractivity contribution in [2.24, 2.45) is 0 Å². The Bertz CT molecular complexity index is 525. The summed E-state index contributed by atoms with van der Waals surface area (Å²) in [5.74, 6) is -0.240. The summed E-state index contributed by atoms with van der Waals surface area (Å²) < 4.78 is 0. The average molecular weight is 336 g/mol. The molecule has 0 radical (unpaired) electrons. The van der Waals surface area contributed by atoms with E-state index in [2.05, 4.69) is 17.4 Å². The smallest absolute Gasteiger partial charge is 0.242 e. The number of hydrogen-bond acceptors (Lipinski definition) is 5. The predicted molar refractivity (Wildman–Crippen MR) is 91.4 cm³/mol. The first-order chi connectivity index (χ1) is 11.5. The van der Waals surface area contributed by atoms with Crippen LogP contribution in [0, 0.1) is 0 Å². The van der Waals surface area contributed by atoms with E-state index in [4.69, 9.17) is 0 Å². The second kappa shape index (κ2) is 8.58. The van der Waals surface area contributed by atoms with Crippen molar-refractivity contribution in [3.63, 3.8) is 0 Å². The quantitative estimate of drug-likeness (QED) is 0.583. The number of rotatable bonds is 6. The second-order valence-corrected chi connectivity index (χ2v) is 6.41. The topological polar surface area (TPSA) is 93.0 Å². The lowest BCUT2D eigenvalue weighted by Gasteiger charge is -2.41. The number of carbonyl (C=O) groups excluding carboxylic acids is 1. The van der Waals surface area contributed by atoms with Gasteiger partial charge in [-0.25, -0.2) is 0 Å². The molecule has 1 saturated heterocycles. The van der Waals surface area contributed by atoms with Crippen molar-refractivity contribution in [1.82, 2.24) is 10.2 Å². The SMILES string of the molecule is CCN(CCCc1ccccc1)C(=O)[C@H]1N[C@H](C)[C@@H](O)[C@H](O)[C@@H]1O. The Labute approximate surface area is 143 Å². The third kappa shape index (κ3) is 4.33. The number of aliphatic hydroxyl groups is 3. The summed E-state index contributed by atoms with van der Waals surface area (Å²) in [7, 11) is 0. The van der Waals surface area contributed by atoms with Gasteiger partial charge in [0, 0.05) is 19.1 Å². The summed E-state index contributed by atoms with van der Waals surface area (Å²) in [5.41, 5.74) is 1.23. The third-order valence-electron chi connectivity index (χ3n) is 4.69. The van der Waals surface area contributed by atoms with Gasteiger partial charge in [0.2, 0.25) is 5.91 Å². The van der Waals surface area contributed by atoms with Crippen molar-refractivity contribution < 1.29 is 20.1 Å². The maximum absolute atomic E-state index is 12.7. The maximum atomic E-state index is 12.7. The molecule has 1 amide bonds. The van der Waals surface area contributed by atoms with Gasteiger partial charge in [-0.2, -0.15) is 0 Å². The van der Waals surface area contributed by atoms with Crippen molar-refractivity contribution in [3.8, 4) is 0 Å². The van der Waals surface area contributed by atoms with Gasteiger partial charge in [0.25, 0.3) is 0 Å². The van der Waals surface area contributed by atoms with Crippen molar-refractivity contribution in [2.45, 2.75) is 57.1 Å². The summed E-state index contributed by atoms with van der Waals surface area (Å²) in [6.45, 7) is 4.70. The van der Waals surface area contributed by atoms with Gasteiger partial charge in [-0.1, -0.05) is 30.3 Å². The number of benzene rings is 1. The zero-order valence-electron chi connectivity index (χ0n) is 14.3. The summed E-state index contributed by atoms with van der Waals surface area (Å²) >= 11 is 0. The van der Waals surface area contributed by atoms with Gasteiger partial charge in [-0.3, -0.25) is 10.1 Å². The lowest BCUT2D eigenvalue weighted by Crippen LogP contribution is -2.68. The molecule has 1 aromatic rings. The summed E-state index contributed by atoms with van der Waals surface area (Å²) in [5, 5.41) is 32.7. The molecule has 6 heteroatoms. The van der Waals surface area contributed by atoms with Crippen LogP contribution >= 0.6 is 0 Å². The van der Waals surface area contributed by atoms with Crippen LogP contribution in [0.4, 0.5) is 0 Å². The van der Waals surface area contributed by atoms with Crippen molar-refractivity contribution in [3.05, 3.63) is 35.9 Å². The van der Waals surface area contributed by atoms with Crippen LogP contribution in [-0.2, 0) is 11.2 Å². The van der Waals surface area contributed by atoms with Gasteiger partial charge < -0.3 is 20.2 Å². The number of carbonyl (C=O) groups is 1. The third-order valence-corrected chi connectivity index (χ3v) is 4.69. The molecule has 2 rings (SSSR count). The molecular formula is C18H28N2O4. The number of aryl methyl sites for hydroxylation is 1. The first kappa shape index (κ1) is 18.9. The Kier molecular flexibility index (Phi) is 6.74. The van der Waals surface area contributed by atoms with Crippen LogP contribution in [0.5, 0.6) is 0 Å². The van der Waals surface area contributed by atoms with Gasteiger partial charge >= 0.3 is 0 Å². The second-order valence-electron chi connectivity index (χ2n) is 6.41. The minimum Gasteiger partial charge on any atom is -0.389 e. The fraction of sp³-hybridized carbons (Fsp3) is 0.611. The largest absolute Gasteiger partial charge is 0.389 e. The van der Waals surface area contributed by atoms with E-state index in [1.807, 2.05) is 25.1 Å². The molecule has 0 aromatic heterocycles. The van der Waals surface area contributed by atoms with Crippen LogP contribution in [0.25, 0.3) is 0 Å². The number of likely N-dealkylation sites (N-methyl/N-ethyl adjacent to an activating group) is 1. The molecule has 4 N–H and O–H groups in total. The van der Waals surface area contributed by atoms with Crippen LogP contribution in [-0.4, -0.2) is 69.6 Å². The minimum absolute atomic E-state index is 0.240. The molecule has 6 nitrogen and oxygen atoms in total. The molecule has 0 spiro atoms. The van der Waals surface area contributed by atoms with E-state index in [1.54, 1.807) is 11.8 Å². The molecule has 0 bridgehead atoms. The molecule has 134 valence electrons. The fourth-order valence-corrected chi connectivity index (χ4v) is 3.13. The highest BCUT2D eigenvalue weighted by molar-refractivity contribution is 5.83. The van der Waals surface area contributed by atoms with Gasteiger partial charge in [-0.15, -0.1) is 0 Å². The lowest BCUT2D eigenvalue weighted by atomic mass is 9.90. The molecule has 0 saturated carbocycles. The minimum atomic E-state index is -1.32. The molecule has 1 aliphatic heterocycles. The zero-order chi connectivity index (χ0) is 17.7. The molecule has 0 unspecified atom stereocenters. The van der Waals surface area contributed by atoms with E-state index in [0.717, 1.165) is 12.8 Å². The number of hydrogen-bond donors (Lipinski definition) is 4. The zero-order valence-corrected chi connectivity index (χ0v) is 14.3. The molecule has 1 fully saturated rings. The first-order valence-corrected chi connectivity index (χ1v) is 8.58. The van der Waals surface area contributed by atoms with E-state index in [1.165, 1.54) is 5.56 Å². The Morgan fingerprint density at radius 3 is 2.42 bits per heavy atom. The Morgan fingerprint density at radius 1 is 1.12 bits per heavy atom. The predicted octanol–water partition coefficient (Wildman–Crippen LogP) is -0.0893. The Morgan fingerprint density at radius 2 is 1.79 bits per heavy atom. The van der Waals surface area contributed by atoms with Crippen LogP contribution in [0.15, 0.2) is 30.3 Å². The maximum Gasteiger partial charge on any atom is 0.242 e. The van der Waals surface area contributed by atoms with Crippen molar-refractivity contribution >= 4 is 5.91 Å². The average Bonchev–Trinajstić information content (AvgIpc) is 2.60. The normalized spacial score (nSPS) is 30.1. The first-order valence-electron chi connectivity index (χ1n) is 8.58. The molecule has 1 aliphatic rings. The van der Waals surface area contributed by atoms with E-state index in [9.17, 15) is 20.1 Å². The molecule has 1 heterocycles. The van der Waals surface area contributed by atoms with Crippen molar-refractivity contribution in [2.75, 3.05) is 13.1 Å². The van der Waals surface area contributed by atoms with Gasteiger partial charge in [0.1, 0.15) is 18.2 Å². The molecule has 1 aromatic carbocycles. The standard InChI is InChI=1S/C18H28N2O4/c1-3-20(11-7-10-13-8-5-4-6-9-13)18(24)14-16(22)17(23)15(21)12(2)19-14/h4-6,8-9,12,14-17,19,21-23H,3,7,10-11H2,1-2H3/t12-,14+,15-,16-,17+/m1/s1. The molecule has 24 heavy (non-hydrogen) atoms. The molecular weight excluding hydrogens is 308 g/mol. The van der Waals surface area contributed by atoms with Crippen LogP contribution in [0.3, 0.4) is 0 Å². The fourth-order valence-electron chi connectivity index (χ4n) is 3.13.